The zero-order valence-electron chi connectivity index (χ0n) is 22.0. The van der Waals surface area contributed by atoms with Gasteiger partial charge in [-0.3, -0.25) is 0 Å². The molecule has 2 aromatic carbocycles. The average molecular weight is 569 g/mol. The maximum absolute atomic E-state index is 12.0. The van der Waals surface area contributed by atoms with Crippen molar-refractivity contribution >= 4 is 39.2 Å². The van der Waals surface area contributed by atoms with Crippen molar-refractivity contribution in [3.63, 3.8) is 0 Å². The molecule has 3 N–H and O–H groups in total. The molecule has 3 heterocycles. The third-order valence-electron chi connectivity index (χ3n) is 6.69. The maximum atomic E-state index is 12.0. The highest BCUT2D eigenvalue weighted by Crippen LogP contribution is 2.37. The summed E-state index contributed by atoms with van der Waals surface area (Å²) in [7, 11) is -3.31. The van der Waals surface area contributed by atoms with Crippen molar-refractivity contribution in [3.8, 4) is 22.9 Å². The van der Waals surface area contributed by atoms with Crippen LogP contribution in [0.3, 0.4) is 0 Å². The zero-order chi connectivity index (χ0) is 26.5. The van der Waals surface area contributed by atoms with Crippen molar-refractivity contribution in [2.24, 2.45) is 0 Å². The molecule has 0 spiro atoms. The number of aryl methyl sites for hydroxylation is 1. The molecule has 206 valence electrons. The number of rotatable bonds is 9. The fourth-order valence-corrected chi connectivity index (χ4v) is 5.16. The van der Waals surface area contributed by atoms with E-state index < -0.39 is 10.0 Å². The molecule has 1 fully saturated rings. The van der Waals surface area contributed by atoms with E-state index in [9.17, 15) is 8.42 Å². The maximum Gasteiger partial charge on any atom is 0.228 e. The van der Waals surface area contributed by atoms with Crippen LogP contribution >= 0.6 is 12.4 Å². The SMILES string of the molecule is CCS(=O)(=O)NCc1cccc2c(Oc3ncccc3-c3ccnc(NC4CCCNC4)n3)c(C)ccc12.Cl. The van der Waals surface area contributed by atoms with Crippen LogP contribution in [-0.2, 0) is 16.6 Å². The predicted octanol–water partition coefficient (Wildman–Crippen LogP) is 4.82. The summed E-state index contributed by atoms with van der Waals surface area (Å²) in [5.41, 5.74) is 3.27. The minimum atomic E-state index is -3.31. The van der Waals surface area contributed by atoms with Gasteiger partial charge in [0, 0.05) is 36.9 Å². The first-order valence-electron chi connectivity index (χ1n) is 12.9. The Morgan fingerprint density at radius 2 is 1.92 bits per heavy atom. The molecule has 0 radical (unpaired) electrons. The molecule has 0 bridgehead atoms. The van der Waals surface area contributed by atoms with Crippen LogP contribution in [0.15, 0.2) is 60.9 Å². The Morgan fingerprint density at radius 1 is 1.05 bits per heavy atom. The Kier molecular flexibility index (Phi) is 9.34. The number of pyridine rings is 1. The van der Waals surface area contributed by atoms with E-state index in [4.69, 9.17) is 9.72 Å². The number of piperidine rings is 1. The van der Waals surface area contributed by atoms with E-state index in [0.29, 0.717) is 23.3 Å². The molecule has 1 atom stereocenters. The van der Waals surface area contributed by atoms with Gasteiger partial charge in [0.1, 0.15) is 5.75 Å². The molecule has 1 aliphatic heterocycles. The lowest BCUT2D eigenvalue weighted by molar-refractivity contribution is 0.466. The lowest BCUT2D eigenvalue weighted by Gasteiger charge is -2.23. The standard InChI is InChI=1S/C28H32N6O3S.ClH/c1-3-38(35,36)32-17-20-7-4-9-23-22(20)12-11-19(2)26(23)37-27-24(10-6-15-30-27)25-13-16-31-28(34-25)33-21-8-5-14-29-18-21;/h4,6-7,9-13,15-16,21,29,32H,3,5,8,14,17-18H2,1-2H3,(H,31,33,34);1H. The number of sulfonamides is 1. The summed E-state index contributed by atoms with van der Waals surface area (Å²) < 4.78 is 33.2. The van der Waals surface area contributed by atoms with Crippen LogP contribution in [0.1, 0.15) is 30.9 Å². The van der Waals surface area contributed by atoms with Gasteiger partial charge in [-0.05, 0) is 67.9 Å². The molecule has 11 heteroatoms. The van der Waals surface area contributed by atoms with Gasteiger partial charge < -0.3 is 15.4 Å². The molecule has 0 amide bonds. The Labute approximate surface area is 235 Å². The Balaban J connectivity index is 0.00000353. The number of nitrogens with zero attached hydrogens (tertiary/aromatic N) is 3. The number of fused-ring (bicyclic) bond motifs is 1. The number of halogens is 1. The Hall–Kier alpha value is -3.31. The first-order chi connectivity index (χ1) is 18.4. The summed E-state index contributed by atoms with van der Waals surface area (Å²) >= 11 is 0. The van der Waals surface area contributed by atoms with Crippen LogP contribution < -0.4 is 20.1 Å². The molecular weight excluding hydrogens is 536 g/mol. The molecule has 5 rings (SSSR count). The molecule has 1 aliphatic rings. The number of benzene rings is 2. The van der Waals surface area contributed by atoms with Crippen LogP contribution in [0, 0.1) is 6.92 Å². The first kappa shape index (κ1) is 28.7. The van der Waals surface area contributed by atoms with Crippen LogP contribution in [0.25, 0.3) is 22.0 Å². The number of hydrogen-bond acceptors (Lipinski definition) is 8. The Bertz CT molecular complexity index is 1540. The summed E-state index contributed by atoms with van der Waals surface area (Å²) in [6.45, 7) is 5.73. The van der Waals surface area contributed by atoms with Gasteiger partial charge >= 0.3 is 0 Å². The van der Waals surface area contributed by atoms with E-state index in [1.807, 2.05) is 55.5 Å². The topological polar surface area (TPSA) is 118 Å². The fraction of sp³-hybridized carbons (Fsp3) is 0.321. The molecule has 2 aromatic heterocycles. The number of aromatic nitrogens is 3. The van der Waals surface area contributed by atoms with Gasteiger partial charge in [0.05, 0.1) is 17.0 Å². The minimum absolute atomic E-state index is 0. The second kappa shape index (κ2) is 12.7. The van der Waals surface area contributed by atoms with Crippen molar-refractivity contribution in [1.29, 1.82) is 0 Å². The van der Waals surface area contributed by atoms with Gasteiger partial charge in [0.2, 0.25) is 21.9 Å². The highest BCUT2D eigenvalue weighted by atomic mass is 35.5. The van der Waals surface area contributed by atoms with Gasteiger partial charge in [-0.25, -0.2) is 28.1 Å². The predicted molar refractivity (Wildman–Crippen MR) is 157 cm³/mol. The van der Waals surface area contributed by atoms with E-state index in [2.05, 4.69) is 25.3 Å². The van der Waals surface area contributed by atoms with Gasteiger partial charge in [0.25, 0.3) is 0 Å². The number of nitrogens with one attached hydrogen (secondary N) is 3. The molecule has 1 saturated heterocycles. The third-order valence-corrected chi connectivity index (χ3v) is 8.04. The van der Waals surface area contributed by atoms with E-state index in [1.54, 1.807) is 19.3 Å². The molecule has 0 aliphatic carbocycles. The zero-order valence-corrected chi connectivity index (χ0v) is 23.6. The summed E-state index contributed by atoms with van der Waals surface area (Å²) in [6.07, 6.45) is 5.63. The van der Waals surface area contributed by atoms with Gasteiger partial charge in [-0.2, -0.15) is 0 Å². The second-order valence-electron chi connectivity index (χ2n) is 9.36. The van der Waals surface area contributed by atoms with E-state index in [1.165, 1.54) is 0 Å². The average Bonchev–Trinajstić information content (AvgIpc) is 2.94. The van der Waals surface area contributed by atoms with Gasteiger partial charge in [-0.15, -0.1) is 12.4 Å². The fourth-order valence-electron chi connectivity index (χ4n) is 4.58. The summed E-state index contributed by atoms with van der Waals surface area (Å²) in [6, 6.07) is 15.7. The highest BCUT2D eigenvalue weighted by molar-refractivity contribution is 7.89. The Morgan fingerprint density at radius 3 is 2.72 bits per heavy atom. The van der Waals surface area contributed by atoms with Crippen molar-refractivity contribution in [3.05, 3.63) is 72.1 Å². The molecule has 9 nitrogen and oxygen atoms in total. The lowest BCUT2D eigenvalue weighted by atomic mass is 10.0. The highest BCUT2D eigenvalue weighted by Gasteiger charge is 2.18. The third kappa shape index (κ3) is 6.83. The monoisotopic (exact) mass is 568 g/mol. The lowest BCUT2D eigenvalue weighted by Crippen LogP contribution is -2.38. The second-order valence-corrected chi connectivity index (χ2v) is 11.5. The van der Waals surface area contributed by atoms with Crippen LogP contribution in [0.5, 0.6) is 11.6 Å². The van der Waals surface area contributed by atoms with E-state index in [-0.39, 0.29) is 30.7 Å². The van der Waals surface area contributed by atoms with Crippen LogP contribution in [-0.4, -0.2) is 48.3 Å². The van der Waals surface area contributed by atoms with Crippen molar-refractivity contribution in [2.45, 2.75) is 39.3 Å². The quantitative estimate of drug-likeness (QED) is 0.263. The van der Waals surface area contributed by atoms with Crippen LogP contribution in [0.4, 0.5) is 5.95 Å². The molecule has 39 heavy (non-hydrogen) atoms. The number of hydrogen-bond donors (Lipinski definition) is 3. The molecule has 4 aromatic rings. The van der Waals surface area contributed by atoms with Gasteiger partial charge in [0.15, 0.2) is 0 Å². The van der Waals surface area contributed by atoms with Crippen molar-refractivity contribution in [2.75, 3.05) is 24.2 Å². The molecular formula is C28H33ClN6O3S. The van der Waals surface area contributed by atoms with Crippen molar-refractivity contribution < 1.29 is 13.2 Å². The normalized spacial score (nSPS) is 15.5. The van der Waals surface area contributed by atoms with Crippen molar-refractivity contribution in [1.82, 2.24) is 25.0 Å². The number of ether oxygens (including phenoxy) is 1. The molecule has 1 unspecified atom stereocenters. The first-order valence-corrected chi connectivity index (χ1v) is 14.5. The van der Waals surface area contributed by atoms with Crippen LogP contribution in [0.2, 0.25) is 0 Å². The number of anilines is 1. The van der Waals surface area contributed by atoms with E-state index >= 15 is 0 Å². The summed E-state index contributed by atoms with van der Waals surface area (Å²) in [5.74, 6) is 1.71. The largest absolute Gasteiger partial charge is 0.437 e. The van der Waals surface area contributed by atoms with Gasteiger partial charge in [-0.1, -0.05) is 30.3 Å². The molecule has 0 saturated carbocycles. The summed E-state index contributed by atoms with van der Waals surface area (Å²) in [4.78, 5) is 13.7. The summed E-state index contributed by atoms with van der Waals surface area (Å²) in [5, 5.41) is 8.62. The minimum Gasteiger partial charge on any atom is -0.437 e. The smallest absolute Gasteiger partial charge is 0.228 e. The van der Waals surface area contributed by atoms with E-state index in [0.717, 1.165) is 53.4 Å².